The van der Waals surface area contributed by atoms with Crippen molar-refractivity contribution < 1.29 is 22.7 Å². The maximum Gasteiger partial charge on any atom is 0.310 e. The largest absolute Gasteiger partial charge is 0.466 e. The van der Waals surface area contributed by atoms with Crippen LogP contribution in [-0.2, 0) is 16.0 Å². The van der Waals surface area contributed by atoms with Gasteiger partial charge in [-0.05, 0) is 34.5 Å². The van der Waals surface area contributed by atoms with E-state index in [2.05, 4.69) is 25.7 Å². The maximum absolute atomic E-state index is 13.0. The van der Waals surface area contributed by atoms with E-state index < -0.39 is 23.9 Å². The highest BCUT2D eigenvalue weighted by atomic mass is 79.9. The Morgan fingerprint density at radius 1 is 1.59 bits per heavy atom. The molecule has 0 aliphatic carbocycles. The van der Waals surface area contributed by atoms with Gasteiger partial charge in [0.15, 0.2) is 0 Å². The van der Waals surface area contributed by atoms with Crippen molar-refractivity contribution in [3.63, 3.8) is 0 Å². The third-order valence-corrected chi connectivity index (χ3v) is 2.59. The molecule has 7 heteroatoms. The lowest BCUT2D eigenvalue weighted by molar-refractivity contribution is -0.142. The first-order valence-electron chi connectivity index (χ1n) is 4.74. The zero-order valence-electron chi connectivity index (χ0n) is 8.84. The molecule has 0 bridgehead atoms. The molecule has 0 N–H and O–H groups in total. The van der Waals surface area contributed by atoms with Crippen molar-refractivity contribution >= 4 is 21.9 Å². The summed E-state index contributed by atoms with van der Waals surface area (Å²) < 4.78 is 42.5. The number of esters is 1. The first-order chi connectivity index (χ1) is 7.95. The molecule has 1 aromatic rings. The fourth-order valence-electron chi connectivity index (χ4n) is 1.17. The van der Waals surface area contributed by atoms with E-state index >= 15 is 0 Å². The van der Waals surface area contributed by atoms with Gasteiger partial charge in [-0.2, -0.15) is 4.39 Å². The van der Waals surface area contributed by atoms with Crippen LogP contribution in [0.4, 0.5) is 13.2 Å². The van der Waals surface area contributed by atoms with Crippen LogP contribution in [0.3, 0.4) is 0 Å². The highest BCUT2D eigenvalue weighted by Gasteiger charge is 2.19. The highest BCUT2D eigenvalue weighted by molar-refractivity contribution is 9.10. The van der Waals surface area contributed by atoms with Gasteiger partial charge in [0.25, 0.3) is 6.43 Å². The minimum absolute atomic E-state index is 0.0208. The quantitative estimate of drug-likeness (QED) is 0.634. The third kappa shape index (κ3) is 3.69. The van der Waals surface area contributed by atoms with Crippen LogP contribution in [0.2, 0.25) is 0 Å². The first kappa shape index (κ1) is 14.0. The molecule has 0 aromatic carbocycles. The van der Waals surface area contributed by atoms with Crippen LogP contribution in [0.15, 0.2) is 10.7 Å². The van der Waals surface area contributed by atoms with Crippen molar-refractivity contribution in [2.45, 2.75) is 19.8 Å². The Bertz CT molecular complexity index is 426. The van der Waals surface area contributed by atoms with Gasteiger partial charge in [-0.25, -0.2) is 13.8 Å². The van der Waals surface area contributed by atoms with Crippen LogP contribution in [-0.4, -0.2) is 17.6 Å². The molecular weight excluding hydrogens is 303 g/mol. The molecule has 0 amide bonds. The number of hydrogen-bond acceptors (Lipinski definition) is 3. The van der Waals surface area contributed by atoms with Gasteiger partial charge < -0.3 is 4.74 Å². The maximum atomic E-state index is 13.0. The predicted octanol–water partition coefficient (Wildman–Crippen LogP) is 3.03. The van der Waals surface area contributed by atoms with Gasteiger partial charge in [-0.3, -0.25) is 4.79 Å². The van der Waals surface area contributed by atoms with E-state index in [4.69, 9.17) is 0 Å². The molecule has 1 heterocycles. The van der Waals surface area contributed by atoms with Gasteiger partial charge in [-0.15, -0.1) is 0 Å². The minimum atomic E-state index is -2.98. The number of nitrogens with zero attached hydrogens (tertiary/aromatic N) is 1. The van der Waals surface area contributed by atoms with E-state index in [0.717, 1.165) is 6.07 Å². The summed E-state index contributed by atoms with van der Waals surface area (Å²) in [6.07, 6.45) is -3.21. The van der Waals surface area contributed by atoms with E-state index in [-0.39, 0.29) is 23.2 Å². The van der Waals surface area contributed by atoms with E-state index in [0.29, 0.717) is 0 Å². The molecular formula is C10H9BrF3NO2. The van der Waals surface area contributed by atoms with Crippen LogP contribution in [0.5, 0.6) is 0 Å². The monoisotopic (exact) mass is 311 g/mol. The summed E-state index contributed by atoms with van der Waals surface area (Å²) in [6, 6.07) is 0.911. The topological polar surface area (TPSA) is 39.2 Å². The van der Waals surface area contributed by atoms with Crippen LogP contribution in [0.25, 0.3) is 0 Å². The number of carbonyl (C=O) groups excluding carboxylic acids is 1. The summed E-state index contributed by atoms with van der Waals surface area (Å²) in [7, 11) is 0. The van der Waals surface area contributed by atoms with Gasteiger partial charge in [-0.1, -0.05) is 0 Å². The second kappa shape index (κ2) is 6.00. The molecule has 94 valence electrons. The Morgan fingerprint density at radius 2 is 2.24 bits per heavy atom. The van der Waals surface area contributed by atoms with Crippen LogP contribution in [0.1, 0.15) is 24.5 Å². The SMILES string of the molecule is CCOC(=O)Cc1cc(C(F)F)c(F)nc1Br. The number of ether oxygens (including phenoxy) is 1. The molecule has 3 nitrogen and oxygen atoms in total. The van der Waals surface area contributed by atoms with Crippen molar-refractivity contribution in [1.82, 2.24) is 4.98 Å². The summed E-state index contributed by atoms with van der Waals surface area (Å²) in [5.41, 5.74) is -0.660. The van der Waals surface area contributed by atoms with Crippen molar-refractivity contribution in [2.75, 3.05) is 6.61 Å². The van der Waals surface area contributed by atoms with Crippen molar-refractivity contribution in [3.8, 4) is 0 Å². The number of aromatic nitrogens is 1. The first-order valence-corrected chi connectivity index (χ1v) is 5.53. The molecule has 0 saturated carbocycles. The Hall–Kier alpha value is -1.11. The standard InChI is InChI=1S/C10H9BrF3NO2/c1-2-17-7(16)4-5-3-6(9(12)13)10(14)15-8(5)11/h3,9H,2,4H2,1H3. The lowest BCUT2D eigenvalue weighted by Gasteiger charge is -2.07. The lowest BCUT2D eigenvalue weighted by Crippen LogP contribution is -2.10. The summed E-state index contributed by atoms with van der Waals surface area (Å²) in [5, 5.41) is 0. The van der Waals surface area contributed by atoms with Crippen LogP contribution in [0, 0.1) is 5.95 Å². The molecule has 0 radical (unpaired) electrons. The van der Waals surface area contributed by atoms with Gasteiger partial charge in [0, 0.05) is 0 Å². The van der Waals surface area contributed by atoms with E-state index in [1.165, 1.54) is 0 Å². The van der Waals surface area contributed by atoms with Crippen molar-refractivity contribution in [1.29, 1.82) is 0 Å². The molecule has 0 spiro atoms. The number of rotatable bonds is 4. The molecule has 0 fully saturated rings. The summed E-state index contributed by atoms with van der Waals surface area (Å²) in [5.74, 6) is -1.83. The predicted molar refractivity (Wildman–Crippen MR) is 57.2 cm³/mol. The smallest absolute Gasteiger partial charge is 0.310 e. The van der Waals surface area contributed by atoms with Gasteiger partial charge in [0.2, 0.25) is 5.95 Å². The molecule has 0 saturated heterocycles. The molecule has 1 rings (SSSR count). The number of hydrogen-bond donors (Lipinski definition) is 0. The third-order valence-electron chi connectivity index (χ3n) is 1.90. The Morgan fingerprint density at radius 3 is 2.76 bits per heavy atom. The number of pyridine rings is 1. The van der Waals surface area contributed by atoms with Gasteiger partial charge in [0.05, 0.1) is 18.6 Å². The highest BCUT2D eigenvalue weighted by Crippen LogP contribution is 2.26. The van der Waals surface area contributed by atoms with E-state index in [1.54, 1.807) is 6.92 Å². The second-order valence-electron chi connectivity index (χ2n) is 3.10. The Balaban J connectivity index is 2.99. The number of alkyl halides is 2. The molecule has 1 aromatic heterocycles. The Labute approximate surface area is 104 Å². The Kier molecular flexibility index (Phi) is 4.92. The second-order valence-corrected chi connectivity index (χ2v) is 3.85. The van der Waals surface area contributed by atoms with E-state index in [9.17, 15) is 18.0 Å². The zero-order chi connectivity index (χ0) is 13.0. The average Bonchev–Trinajstić information content (AvgIpc) is 2.21. The number of carbonyl (C=O) groups is 1. The minimum Gasteiger partial charge on any atom is -0.466 e. The van der Waals surface area contributed by atoms with Crippen molar-refractivity contribution in [3.05, 3.63) is 27.7 Å². The summed E-state index contributed by atoms with van der Waals surface area (Å²) >= 11 is 2.91. The normalized spacial score (nSPS) is 10.7. The van der Waals surface area contributed by atoms with E-state index in [1.807, 2.05) is 0 Å². The van der Waals surface area contributed by atoms with Crippen LogP contribution < -0.4 is 0 Å². The zero-order valence-corrected chi connectivity index (χ0v) is 10.4. The summed E-state index contributed by atoms with van der Waals surface area (Å²) in [6.45, 7) is 1.81. The fraction of sp³-hybridized carbons (Fsp3) is 0.400. The van der Waals surface area contributed by atoms with Gasteiger partial charge >= 0.3 is 5.97 Å². The molecule has 0 aliphatic rings. The molecule has 17 heavy (non-hydrogen) atoms. The fourth-order valence-corrected chi connectivity index (χ4v) is 1.58. The van der Waals surface area contributed by atoms with Crippen LogP contribution >= 0.6 is 15.9 Å². The number of halogens is 4. The lowest BCUT2D eigenvalue weighted by atomic mass is 10.1. The summed E-state index contributed by atoms with van der Waals surface area (Å²) in [4.78, 5) is 14.4. The van der Waals surface area contributed by atoms with Gasteiger partial charge in [0.1, 0.15) is 4.60 Å². The van der Waals surface area contributed by atoms with Crippen molar-refractivity contribution in [2.24, 2.45) is 0 Å². The molecule has 0 aliphatic heterocycles. The molecule has 0 atom stereocenters. The average molecular weight is 312 g/mol. The molecule has 0 unspecified atom stereocenters.